The average Bonchev–Trinajstić information content (AvgIpc) is 2.21. The van der Waals surface area contributed by atoms with E-state index in [1.165, 1.54) is 0 Å². The lowest BCUT2D eigenvalue weighted by molar-refractivity contribution is 0.0955. The predicted octanol–water partition coefficient (Wildman–Crippen LogP) is 0.358. The lowest BCUT2D eigenvalue weighted by Gasteiger charge is -2.10. The summed E-state index contributed by atoms with van der Waals surface area (Å²) < 4.78 is 22.1. The number of rotatable bonds is 4. The maximum atomic E-state index is 11.8. The second kappa shape index (κ2) is 5.68. The molecule has 18 heavy (non-hydrogen) atoms. The summed E-state index contributed by atoms with van der Waals surface area (Å²) in [5, 5.41) is 7.31. The quantitative estimate of drug-likeness (QED) is 0.689. The van der Waals surface area contributed by atoms with Crippen molar-refractivity contribution in [3.63, 3.8) is 0 Å². The molecule has 0 heterocycles. The summed E-state index contributed by atoms with van der Waals surface area (Å²) >= 11 is 3.24. The third-order valence-electron chi connectivity index (χ3n) is 2.33. The topological polar surface area (TPSA) is 115 Å². The van der Waals surface area contributed by atoms with Crippen molar-refractivity contribution >= 4 is 37.5 Å². The number of amides is 1. The first-order valence-electron chi connectivity index (χ1n) is 5.05. The Morgan fingerprint density at radius 3 is 2.61 bits per heavy atom. The van der Waals surface area contributed by atoms with Gasteiger partial charge in [-0.3, -0.25) is 4.79 Å². The highest BCUT2D eigenvalue weighted by molar-refractivity contribution is 9.10. The molecule has 6 nitrogen and oxygen atoms in total. The van der Waals surface area contributed by atoms with Gasteiger partial charge in [0.1, 0.15) is 0 Å². The molecule has 1 aromatic carbocycles. The lowest BCUT2D eigenvalue weighted by atomic mass is 10.1. The van der Waals surface area contributed by atoms with Crippen molar-refractivity contribution in [1.29, 1.82) is 0 Å². The van der Waals surface area contributed by atoms with E-state index >= 15 is 0 Å². The largest absolute Gasteiger partial charge is 0.398 e. The first-order chi connectivity index (χ1) is 8.20. The normalized spacial score (nSPS) is 11.3. The van der Waals surface area contributed by atoms with Crippen molar-refractivity contribution in [2.24, 2.45) is 5.14 Å². The minimum atomic E-state index is -3.58. The number of hydrogen-bond donors (Lipinski definition) is 3. The average molecular weight is 336 g/mol. The highest BCUT2D eigenvalue weighted by Crippen LogP contribution is 2.22. The number of benzene rings is 1. The van der Waals surface area contributed by atoms with Crippen molar-refractivity contribution < 1.29 is 13.2 Å². The fourth-order valence-corrected chi connectivity index (χ4v) is 2.20. The number of anilines is 1. The van der Waals surface area contributed by atoms with E-state index in [-0.39, 0.29) is 18.2 Å². The Balaban J connectivity index is 2.79. The maximum Gasteiger partial charge on any atom is 0.251 e. The molecule has 0 aliphatic rings. The smallest absolute Gasteiger partial charge is 0.251 e. The van der Waals surface area contributed by atoms with Crippen LogP contribution in [0.25, 0.3) is 0 Å². The molecule has 5 N–H and O–H groups in total. The highest BCUT2D eigenvalue weighted by Gasteiger charge is 2.12. The van der Waals surface area contributed by atoms with Gasteiger partial charge in [-0.05, 0) is 24.6 Å². The molecule has 0 aromatic heterocycles. The van der Waals surface area contributed by atoms with Crippen molar-refractivity contribution in [2.45, 2.75) is 6.92 Å². The van der Waals surface area contributed by atoms with E-state index in [9.17, 15) is 13.2 Å². The Bertz CT molecular complexity index is 572. The van der Waals surface area contributed by atoms with Gasteiger partial charge in [0, 0.05) is 22.3 Å². The monoisotopic (exact) mass is 335 g/mol. The zero-order valence-electron chi connectivity index (χ0n) is 9.73. The first-order valence-corrected chi connectivity index (χ1v) is 7.56. The van der Waals surface area contributed by atoms with Crippen LogP contribution in [0.1, 0.15) is 15.9 Å². The second-order valence-electron chi connectivity index (χ2n) is 3.79. The molecule has 0 saturated heterocycles. The summed E-state index contributed by atoms with van der Waals surface area (Å²) in [6, 6.07) is 3.31. The molecule has 0 atom stereocenters. The summed E-state index contributed by atoms with van der Waals surface area (Å²) in [6.45, 7) is 1.68. The van der Waals surface area contributed by atoms with Gasteiger partial charge in [-0.15, -0.1) is 0 Å². The van der Waals surface area contributed by atoms with E-state index in [2.05, 4.69) is 21.2 Å². The molecule has 1 rings (SSSR count). The van der Waals surface area contributed by atoms with Crippen LogP contribution in [-0.2, 0) is 10.0 Å². The van der Waals surface area contributed by atoms with Gasteiger partial charge in [0.05, 0.1) is 5.75 Å². The Labute approximate surface area is 114 Å². The zero-order chi connectivity index (χ0) is 13.9. The van der Waals surface area contributed by atoms with Gasteiger partial charge in [0.15, 0.2) is 0 Å². The molecule has 1 aromatic rings. The summed E-state index contributed by atoms with van der Waals surface area (Å²) in [7, 11) is -3.58. The van der Waals surface area contributed by atoms with Crippen molar-refractivity contribution in [2.75, 3.05) is 18.0 Å². The van der Waals surface area contributed by atoms with Crippen molar-refractivity contribution in [3.05, 3.63) is 27.7 Å². The predicted molar refractivity (Wildman–Crippen MR) is 73.6 cm³/mol. The second-order valence-corrected chi connectivity index (χ2v) is 6.44. The summed E-state index contributed by atoms with van der Waals surface area (Å²) in [5.41, 5.74) is 7.26. The maximum absolute atomic E-state index is 11.8. The van der Waals surface area contributed by atoms with Gasteiger partial charge in [0.2, 0.25) is 10.0 Å². The number of sulfonamides is 1. The molecule has 0 bridgehead atoms. The third-order valence-corrected chi connectivity index (χ3v) is 3.56. The Hall–Kier alpha value is -1.12. The standard InChI is InChI=1S/C10H14BrN3O3S/c1-6-8(4-7(11)5-9(6)12)10(15)14-2-3-18(13,16)17/h4-5H,2-3,12H2,1H3,(H,14,15)(H2,13,16,17). The Morgan fingerprint density at radius 2 is 2.06 bits per heavy atom. The minimum absolute atomic E-state index is 0.0382. The Kier molecular flexibility index (Phi) is 4.71. The third kappa shape index (κ3) is 4.28. The van der Waals surface area contributed by atoms with Crippen LogP contribution in [0.5, 0.6) is 0 Å². The van der Waals surface area contributed by atoms with Crippen molar-refractivity contribution in [3.8, 4) is 0 Å². The van der Waals surface area contributed by atoms with E-state index in [0.717, 1.165) is 0 Å². The van der Waals surface area contributed by atoms with Crippen LogP contribution in [0.4, 0.5) is 5.69 Å². The van der Waals surface area contributed by atoms with Crippen LogP contribution in [0, 0.1) is 6.92 Å². The van der Waals surface area contributed by atoms with Crippen LogP contribution in [0.3, 0.4) is 0 Å². The summed E-state index contributed by atoms with van der Waals surface area (Å²) in [4.78, 5) is 11.8. The van der Waals surface area contributed by atoms with Gasteiger partial charge >= 0.3 is 0 Å². The number of hydrogen-bond acceptors (Lipinski definition) is 4. The number of halogens is 1. The SMILES string of the molecule is Cc1c(N)cc(Br)cc1C(=O)NCCS(N)(=O)=O. The van der Waals surface area contributed by atoms with E-state index < -0.39 is 10.0 Å². The first kappa shape index (κ1) is 14.9. The van der Waals surface area contributed by atoms with Crippen molar-refractivity contribution in [1.82, 2.24) is 5.32 Å². The minimum Gasteiger partial charge on any atom is -0.398 e. The Morgan fingerprint density at radius 1 is 1.44 bits per heavy atom. The van der Waals surface area contributed by atoms with Crippen LogP contribution < -0.4 is 16.2 Å². The molecule has 0 spiro atoms. The zero-order valence-corrected chi connectivity index (χ0v) is 12.1. The fraction of sp³-hybridized carbons (Fsp3) is 0.300. The van der Waals surface area contributed by atoms with Crippen LogP contribution in [0.2, 0.25) is 0 Å². The van der Waals surface area contributed by atoms with Gasteiger partial charge in [-0.2, -0.15) is 0 Å². The summed E-state index contributed by atoms with van der Waals surface area (Å²) in [5.74, 6) is -0.689. The molecule has 0 saturated carbocycles. The number of nitrogens with two attached hydrogens (primary N) is 2. The van der Waals surface area contributed by atoms with Crippen LogP contribution in [0.15, 0.2) is 16.6 Å². The molecular weight excluding hydrogens is 322 g/mol. The van der Waals surface area contributed by atoms with Gasteiger partial charge < -0.3 is 11.1 Å². The van der Waals surface area contributed by atoms with Crippen LogP contribution in [-0.4, -0.2) is 26.6 Å². The molecule has 0 radical (unpaired) electrons. The van der Waals surface area contributed by atoms with E-state index in [4.69, 9.17) is 10.9 Å². The molecule has 0 aliphatic carbocycles. The molecular formula is C10H14BrN3O3S. The van der Waals surface area contributed by atoms with Gasteiger partial charge in [-0.1, -0.05) is 15.9 Å². The molecule has 0 unspecified atom stereocenters. The molecule has 100 valence electrons. The van der Waals surface area contributed by atoms with E-state index in [0.29, 0.717) is 21.3 Å². The number of nitrogen functional groups attached to an aromatic ring is 1. The van der Waals surface area contributed by atoms with E-state index in [1.807, 2.05) is 0 Å². The number of carbonyl (C=O) groups excluding carboxylic acids is 1. The molecule has 1 amide bonds. The number of nitrogens with one attached hydrogen (secondary N) is 1. The highest BCUT2D eigenvalue weighted by atomic mass is 79.9. The van der Waals surface area contributed by atoms with E-state index in [1.54, 1.807) is 19.1 Å². The molecule has 0 aliphatic heterocycles. The van der Waals surface area contributed by atoms with Gasteiger partial charge in [0.25, 0.3) is 5.91 Å². The lowest BCUT2D eigenvalue weighted by Crippen LogP contribution is -2.31. The molecule has 0 fully saturated rings. The number of carbonyl (C=O) groups is 1. The number of primary sulfonamides is 1. The fourth-order valence-electron chi connectivity index (χ4n) is 1.34. The van der Waals surface area contributed by atoms with Crippen LogP contribution >= 0.6 is 15.9 Å². The molecule has 8 heteroatoms. The van der Waals surface area contributed by atoms with Gasteiger partial charge in [-0.25, -0.2) is 13.6 Å². The summed E-state index contributed by atoms with van der Waals surface area (Å²) in [6.07, 6.45) is 0.